The van der Waals surface area contributed by atoms with E-state index in [0.717, 1.165) is 56.5 Å². The average Bonchev–Trinajstić information content (AvgIpc) is 2.89. The van der Waals surface area contributed by atoms with E-state index in [9.17, 15) is 5.11 Å². The Morgan fingerprint density at radius 3 is 2.23 bits per heavy atom. The Kier molecular flexibility index (Phi) is 16.0. The predicted octanol–water partition coefficient (Wildman–Crippen LogP) is 8.77. The Morgan fingerprint density at radius 1 is 0.886 bits per heavy atom. The number of aliphatic imine (C=N–C) groups is 1. The number of nitrogens with zero attached hydrogens (tertiary/aromatic N) is 2. The molecule has 0 saturated heterocycles. The van der Waals surface area contributed by atoms with Crippen LogP contribution in [0.5, 0.6) is 0 Å². The number of fused-ring (bicyclic) bond motifs is 1. The zero-order valence-corrected chi connectivity index (χ0v) is 23.4. The van der Waals surface area contributed by atoms with Crippen LogP contribution in [0.1, 0.15) is 118 Å². The molecule has 4 heteroatoms. The topological polar surface area (TPSA) is 57.0 Å². The second-order valence-corrected chi connectivity index (χ2v) is 9.30. The number of aliphatic hydroxyl groups is 1. The molecule has 0 aliphatic carbocycles. The first-order chi connectivity index (χ1) is 17.0. The lowest BCUT2D eigenvalue weighted by molar-refractivity contribution is 0.0171. The van der Waals surface area contributed by atoms with Gasteiger partial charge in [0.15, 0.2) is 0 Å². The minimum atomic E-state index is -0.659. The SMILES string of the molecule is CC.CCCC(O)(CCC)c1ccc2ccccc2c1.CCCCC1=NCCCCC/C(C)=N/N1. The highest BCUT2D eigenvalue weighted by Gasteiger charge is 2.27. The van der Waals surface area contributed by atoms with Gasteiger partial charge in [0.05, 0.1) is 5.60 Å². The van der Waals surface area contributed by atoms with Crippen molar-refractivity contribution in [3.8, 4) is 0 Å². The minimum Gasteiger partial charge on any atom is -0.385 e. The Hall–Kier alpha value is -2.20. The molecule has 0 spiro atoms. The van der Waals surface area contributed by atoms with E-state index in [2.05, 4.69) is 73.5 Å². The Balaban J connectivity index is 0.000000332. The summed E-state index contributed by atoms with van der Waals surface area (Å²) in [5, 5.41) is 17.6. The quantitative estimate of drug-likeness (QED) is 0.396. The fourth-order valence-corrected chi connectivity index (χ4v) is 4.33. The first kappa shape index (κ1) is 30.8. The number of amidine groups is 1. The molecular weight excluding hydrogens is 430 g/mol. The van der Waals surface area contributed by atoms with Crippen molar-refractivity contribution in [1.29, 1.82) is 0 Å². The van der Waals surface area contributed by atoms with Crippen molar-refractivity contribution >= 4 is 22.3 Å². The van der Waals surface area contributed by atoms with Crippen LogP contribution in [-0.4, -0.2) is 23.2 Å². The first-order valence-corrected chi connectivity index (χ1v) is 14.1. The second-order valence-electron chi connectivity index (χ2n) is 9.30. The third-order valence-corrected chi connectivity index (χ3v) is 6.26. The molecule has 0 fully saturated rings. The molecule has 0 radical (unpaired) electrons. The molecule has 3 rings (SSSR count). The minimum absolute atomic E-state index is 0.659. The smallest absolute Gasteiger partial charge is 0.117 e. The zero-order valence-electron chi connectivity index (χ0n) is 23.4. The van der Waals surface area contributed by atoms with Gasteiger partial charge >= 0.3 is 0 Å². The van der Waals surface area contributed by atoms with Crippen LogP contribution in [0.2, 0.25) is 0 Å². The molecule has 1 heterocycles. The van der Waals surface area contributed by atoms with Crippen molar-refractivity contribution in [3.63, 3.8) is 0 Å². The second kappa shape index (κ2) is 18.1. The van der Waals surface area contributed by atoms with E-state index in [-0.39, 0.29) is 0 Å². The highest BCUT2D eigenvalue weighted by atomic mass is 16.3. The molecule has 2 N–H and O–H groups in total. The summed E-state index contributed by atoms with van der Waals surface area (Å²) in [5.41, 5.74) is 4.71. The summed E-state index contributed by atoms with van der Waals surface area (Å²) in [5.74, 6) is 1.07. The van der Waals surface area contributed by atoms with Gasteiger partial charge < -0.3 is 5.11 Å². The fraction of sp³-hybridized carbons (Fsp3) is 0.613. The van der Waals surface area contributed by atoms with Gasteiger partial charge in [0, 0.05) is 18.7 Å². The van der Waals surface area contributed by atoms with Crippen LogP contribution < -0.4 is 5.43 Å². The molecular formula is C31H51N3O. The number of hydrogen-bond acceptors (Lipinski definition) is 4. The van der Waals surface area contributed by atoms with E-state index in [0.29, 0.717) is 0 Å². The third-order valence-electron chi connectivity index (χ3n) is 6.26. The lowest BCUT2D eigenvalue weighted by Crippen LogP contribution is -2.25. The standard InChI is InChI=1S/C17H22O.C12H23N3.C2H6/c1-3-11-17(18,12-4-2)16-10-9-14-7-5-6-8-15(14)13-16;1-3-4-9-12-13-10-7-5-6-8-11(2)14-15-12;1-2/h5-10,13,18H,3-4,11-12H2,1-2H3;3-10H2,1-2H3,(H,13,15);1-2H3/b;14-11+;. The van der Waals surface area contributed by atoms with Gasteiger partial charge in [0.2, 0.25) is 0 Å². The molecule has 4 nitrogen and oxygen atoms in total. The van der Waals surface area contributed by atoms with E-state index in [4.69, 9.17) is 0 Å². The van der Waals surface area contributed by atoms with Crippen LogP contribution >= 0.6 is 0 Å². The molecule has 0 bridgehead atoms. The molecule has 2 aromatic rings. The largest absolute Gasteiger partial charge is 0.385 e. The number of hydrazone groups is 1. The van der Waals surface area contributed by atoms with Crippen LogP contribution in [-0.2, 0) is 5.60 Å². The Morgan fingerprint density at radius 2 is 1.57 bits per heavy atom. The maximum absolute atomic E-state index is 10.8. The van der Waals surface area contributed by atoms with Crippen molar-refractivity contribution in [2.45, 2.75) is 118 Å². The molecule has 0 atom stereocenters. The van der Waals surface area contributed by atoms with Gasteiger partial charge in [-0.1, -0.05) is 96.7 Å². The van der Waals surface area contributed by atoms with Crippen LogP contribution in [0.4, 0.5) is 0 Å². The van der Waals surface area contributed by atoms with Gasteiger partial charge in [-0.2, -0.15) is 5.10 Å². The van der Waals surface area contributed by atoms with Gasteiger partial charge in [-0.3, -0.25) is 10.4 Å². The van der Waals surface area contributed by atoms with Gasteiger partial charge in [-0.15, -0.1) is 0 Å². The summed E-state index contributed by atoms with van der Waals surface area (Å²) in [6.07, 6.45) is 12.0. The maximum Gasteiger partial charge on any atom is 0.117 e. The summed E-state index contributed by atoms with van der Waals surface area (Å²) < 4.78 is 0. The summed E-state index contributed by atoms with van der Waals surface area (Å²) in [7, 11) is 0. The molecule has 35 heavy (non-hydrogen) atoms. The maximum atomic E-state index is 10.8. The molecule has 0 aromatic heterocycles. The van der Waals surface area contributed by atoms with Crippen molar-refractivity contribution in [2.75, 3.05) is 6.54 Å². The Bertz CT molecular complexity index is 882. The molecule has 0 amide bonds. The molecule has 1 aliphatic heterocycles. The van der Waals surface area contributed by atoms with Crippen LogP contribution in [0.3, 0.4) is 0 Å². The van der Waals surface area contributed by atoms with Crippen molar-refractivity contribution in [3.05, 3.63) is 48.0 Å². The lowest BCUT2D eigenvalue weighted by atomic mass is 9.84. The number of nitrogens with one attached hydrogen (secondary N) is 1. The van der Waals surface area contributed by atoms with Crippen molar-refractivity contribution in [2.24, 2.45) is 10.1 Å². The highest BCUT2D eigenvalue weighted by Crippen LogP contribution is 2.33. The van der Waals surface area contributed by atoms with Crippen molar-refractivity contribution < 1.29 is 5.11 Å². The van der Waals surface area contributed by atoms with Crippen molar-refractivity contribution in [1.82, 2.24) is 5.43 Å². The van der Waals surface area contributed by atoms with Gasteiger partial charge in [-0.25, -0.2) is 0 Å². The predicted molar refractivity (Wildman–Crippen MR) is 156 cm³/mol. The van der Waals surface area contributed by atoms with E-state index in [1.807, 2.05) is 26.0 Å². The van der Waals surface area contributed by atoms with E-state index in [1.165, 1.54) is 48.6 Å². The van der Waals surface area contributed by atoms with Crippen LogP contribution in [0, 0.1) is 0 Å². The van der Waals surface area contributed by atoms with E-state index >= 15 is 0 Å². The van der Waals surface area contributed by atoms with E-state index < -0.39 is 5.60 Å². The molecule has 0 saturated carbocycles. The molecule has 1 aliphatic rings. The third kappa shape index (κ3) is 11.4. The number of hydrogen-bond donors (Lipinski definition) is 2. The first-order valence-electron chi connectivity index (χ1n) is 14.1. The number of rotatable bonds is 8. The van der Waals surface area contributed by atoms with Gasteiger partial charge in [0.25, 0.3) is 0 Å². The van der Waals surface area contributed by atoms with E-state index in [1.54, 1.807) is 0 Å². The molecule has 196 valence electrons. The zero-order chi connectivity index (χ0) is 25.9. The summed E-state index contributed by atoms with van der Waals surface area (Å²) in [6.45, 7) is 13.5. The Labute approximate surface area is 215 Å². The highest BCUT2D eigenvalue weighted by molar-refractivity contribution is 5.86. The monoisotopic (exact) mass is 481 g/mol. The number of unbranched alkanes of at least 4 members (excludes halogenated alkanes) is 1. The number of benzene rings is 2. The summed E-state index contributed by atoms with van der Waals surface area (Å²) in [4.78, 5) is 4.56. The normalized spacial score (nSPS) is 15.9. The summed E-state index contributed by atoms with van der Waals surface area (Å²) in [6, 6.07) is 14.6. The van der Waals surface area contributed by atoms with Gasteiger partial charge in [0.1, 0.15) is 5.84 Å². The van der Waals surface area contributed by atoms with Crippen LogP contribution in [0.25, 0.3) is 10.8 Å². The average molecular weight is 482 g/mol. The lowest BCUT2D eigenvalue weighted by Gasteiger charge is -2.28. The fourth-order valence-electron chi connectivity index (χ4n) is 4.33. The molecule has 0 unspecified atom stereocenters. The summed E-state index contributed by atoms with van der Waals surface area (Å²) >= 11 is 0. The molecule has 2 aromatic carbocycles. The van der Waals surface area contributed by atoms with Crippen LogP contribution in [0.15, 0.2) is 52.6 Å². The van der Waals surface area contributed by atoms with Gasteiger partial charge in [-0.05, 0) is 67.9 Å².